The monoisotopic (exact) mass is 374 g/mol. The Morgan fingerprint density at radius 2 is 1.57 bits per heavy atom. The van der Waals surface area contributed by atoms with Gasteiger partial charge in [-0.15, -0.1) is 0 Å². The number of carbonyl (C=O) groups is 2. The van der Waals surface area contributed by atoms with Gasteiger partial charge in [-0.25, -0.2) is 4.98 Å². The first-order valence-electron chi connectivity index (χ1n) is 9.09. The Morgan fingerprint density at radius 1 is 0.893 bits per heavy atom. The lowest BCUT2D eigenvalue weighted by Gasteiger charge is -2.13. The summed E-state index contributed by atoms with van der Waals surface area (Å²) in [4.78, 5) is 33.2. The van der Waals surface area contributed by atoms with Gasteiger partial charge in [-0.3, -0.25) is 14.6 Å². The van der Waals surface area contributed by atoms with Crippen LogP contribution >= 0.6 is 0 Å². The molecule has 0 unspecified atom stereocenters. The van der Waals surface area contributed by atoms with Crippen LogP contribution in [-0.4, -0.2) is 21.8 Å². The van der Waals surface area contributed by atoms with E-state index in [1.165, 1.54) is 0 Å². The number of hydrogen-bond donors (Lipinski definition) is 2. The molecule has 0 fully saturated rings. The number of hydrogen-bond acceptors (Lipinski definition) is 4. The van der Waals surface area contributed by atoms with Gasteiger partial charge in [-0.05, 0) is 47.4 Å². The predicted molar refractivity (Wildman–Crippen MR) is 108 cm³/mol. The van der Waals surface area contributed by atoms with Gasteiger partial charge in [0.15, 0.2) is 0 Å². The van der Waals surface area contributed by atoms with Crippen LogP contribution in [0.2, 0.25) is 0 Å². The van der Waals surface area contributed by atoms with Gasteiger partial charge in [0.1, 0.15) is 11.4 Å². The molecule has 2 aromatic heterocycles. The van der Waals surface area contributed by atoms with Crippen molar-refractivity contribution in [1.82, 2.24) is 15.3 Å². The van der Waals surface area contributed by atoms with Crippen molar-refractivity contribution < 1.29 is 9.59 Å². The van der Waals surface area contributed by atoms with Gasteiger partial charge in [0.05, 0.1) is 0 Å². The zero-order valence-electron chi connectivity index (χ0n) is 15.8. The average Bonchev–Trinajstić information content (AvgIpc) is 2.73. The van der Waals surface area contributed by atoms with Crippen LogP contribution in [0.1, 0.15) is 51.9 Å². The quantitative estimate of drug-likeness (QED) is 0.688. The third-order valence-corrected chi connectivity index (χ3v) is 4.25. The van der Waals surface area contributed by atoms with Crippen LogP contribution in [0, 0.1) is 0 Å². The van der Waals surface area contributed by atoms with Crippen molar-refractivity contribution in [2.45, 2.75) is 26.3 Å². The average molecular weight is 374 g/mol. The molecule has 3 aromatic rings. The minimum atomic E-state index is -0.350. The highest BCUT2D eigenvalue weighted by atomic mass is 16.2. The molecular weight excluding hydrogens is 352 g/mol. The number of aromatic nitrogens is 2. The van der Waals surface area contributed by atoms with Crippen molar-refractivity contribution >= 4 is 17.5 Å². The van der Waals surface area contributed by atoms with E-state index in [9.17, 15) is 9.59 Å². The number of amides is 2. The lowest BCUT2D eigenvalue weighted by Crippen LogP contribution is -2.25. The van der Waals surface area contributed by atoms with E-state index < -0.39 is 0 Å². The van der Waals surface area contributed by atoms with E-state index in [2.05, 4.69) is 34.4 Å². The zero-order valence-corrected chi connectivity index (χ0v) is 15.8. The maximum Gasteiger partial charge on any atom is 0.274 e. The molecule has 0 spiro atoms. The van der Waals surface area contributed by atoms with Crippen LogP contribution in [0.25, 0.3) is 0 Å². The van der Waals surface area contributed by atoms with Gasteiger partial charge in [-0.2, -0.15) is 0 Å². The van der Waals surface area contributed by atoms with Gasteiger partial charge in [0.25, 0.3) is 11.8 Å². The number of rotatable bonds is 6. The smallest absolute Gasteiger partial charge is 0.274 e. The summed E-state index contributed by atoms with van der Waals surface area (Å²) in [5, 5.41) is 5.69. The second-order valence-electron chi connectivity index (χ2n) is 6.64. The van der Waals surface area contributed by atoms with E-state index in [1.807, 2.05) is 36.4 Å². The molecule has 0 saturated heterocycles. The highest BCUT2D eigenvalue weighted by molar-refractivity contribution is 6.04. The van der Waals surface area contributed by atoms with Gasteiger partial charge in [0.2, 0.25) is 0 Å². The second-order valence-corrected chi connectivity index (χ2v) is 6.64. The highest BCUT2D eigenvalue weighted by Gasteiger charge is 2.14. The molecule has 1 aromatic carbocycles. The predicted octanol–water partition coefficient (Wildman–Crippen LogP) is 3.78. The molecule has 6 heteroatoms. The van der Waals surface area contributed by atoms with Crippen molar-refractivity contribution in [3.05, 3.63) is 89.5 Å². The maximum atomic E-state index is 12.6. The summed E-state index contributed by atoms with van der Waals surface area (Å²) in [6, 6.07) is 16.1. The lowest BCUT2D eigenvalue weighted by molar-refractivity contribution is 0.0945. The minimum Gasteiger partial charge on any atom is -0.347 e. The van der Waals surface area contributed by atoms with E-state index >= 15 is 0 Å². The fourth-order valence-electron chi connectivity index (χ4n) is 2.76. The van der Waals surface area contributed by atoms with Gasteiger partial charge in [0, 0.05) is 24.6 Å². The Morgan fingerprint density at radius 3 is 2.29 bits per heavy atom. The van der Waals surface area contributed by atoms with Crippen LogP contribution < -0.4 is 10.6 Å². The zero-order chi connectivity index (χ0) is 19.9. The third kappa shape index (κ3) is 4.79. The molecule has 0 aliphatic heterocycles. The number of pyridine rings is 2. The van der Waals surface area contributed by atoms with E-state index in [0.29, 0.717) is 6.54 Å². The summed E-state index contributed by atoms with van der Waals surface area (Å²) in [6.07, 6.45) is 3.33. The number of nitrogens with zero attached hydrogens (tertiary/aromatic N) is 2. The number of para-hydroxylation sites is 1. The van der Waals surface area contributed by atoms with Crippen molar-refractivity contribution in [2.75, 3.05) is 5.32 Å². The standard InChI is InChI=1S/C22H22N4O2/c1-15(2)17-6-3-4-7-18(17)26-22(28)20-9-5-8-19(25-20)21(27)24-14-16-10-12-23-13-11-16/h3-13,15H,14H2,1-2H3,(H,24,27)(H,26,28). The second kappa shape index (κ2) is 8.90. The Kier molecular flexibility index (Phi) is 6.11. The third-order valence-electron chi connectivity index (χ3n) is 4.25. The Balaban J connectivity index is 1.70. The Labute approximate surface area is 164 Å². The van der Waals surface area contributed by atoms with Crippen LogP contribution in [-0.2, 0) is 6.54 Å². The maximum absolute atomic E-state index is 12.6. The van der Waals surface area contributed by atoms with E-state index in [0.717, 1.165) is 16.8 Å². The van der Waals surface area contributed by atoms with Crippen molar-refractivity contribution in [3.63, 3.8) is 0 Å². The summed E-state index contributed by atoms with van der Waals surface area (Å²) in [5.41, 5.74) is 3.11. The molecule has 2 amide bonds. The summed E-state index contributed by atoms with van der Waals surface area (Å²) in [7, 11) is 0. The minimum absolute atomic E-state index is 0.190. The molecular formula is C22H22N4O2. The van der Waals surface area contributed by atoms with E-state index in [-0.39, 0.29) is 29.1 Å². The molecule has 0 bridgehead atoms. The van der Waals surface area contributed by atoms with Crippen molar-refractivity contribution in [3.8, 4) is 0 Å². The summed E-state index contributed by atoms with van der Waals surface area (Å²) in [5.74, 6) is -0.416. The highest BCUT2D eigenvalue weighted by Crippen LogP contribution is 2.24. The first-order chi connectivity index (χ1) is 13.5. The number of carbonyl (C=O) groups excluding carboxylic acids is 2. The Hall–Kier alpha value is -3.54. The molecule has 0 atom stereocenters. The van der Waals surface area contributed by atoms with E-state index in [1.54, 1.807) is 30.6 Å². The molecule has 2 heterocycles. The fourth-order valence-corrected chi connectivity index (χ4v) is 2.76. The molecule has 0 aliphatic rings. The summed E-state index contributed by atoms with van der Waals surface area (Å²) >= 11 is 0. The van der Waals surface area contributed by atoms with Gasteiger partial charge >= 0.3 is 0 Å². The normalized spacial score (nSPS) is 10.5. The molecule has 6 nitrogen and oxygen atoms in total. The number of anilines is 1. The van der Waals surface area contributed by atoms with Crippen molar-refractivity contribution in [1.29, 1.82) is 0 Å². The fraction of sp³-hybridized carbons (Fsp3) is 0.182. The largest absolute Gasteiger partial charge is 0.347 e. The molecule has 28 heavy (non-hydrogen) atoms. The molecule has 3 rings (SSSR count). The first kappa shape index (κ1) is 19.2. The summed E-state index contributed by atoms with van der Waals surface area (Å²) in [6.45, 7) is 4.50. The van der Waals surface area contributed by atoms with Crippen molar-refractivity contribution in [2.24, 2.45) is 0 Å². The lowest BCUT2D eigenvalue weighted by atomic mass is 10.0. The molecule has 142 valence electrons. The first-order valence-corrected chi connectivity index (χ1v) is 9.09. The topological polar surface area (TPSA) is 84.0 Å². The molecule has 0 saturated carbocycles. The number of nitrogens with one attached hydrogen (secondary N) is 2. The van der Waals surface area contributed by atoms with Crippen LogP contribution in [0.3, 0.4) is 0 Å². The van der Waals surface area contributed by atoms with Gasteiger partial charge in [-0.1, -0.05) is 38.1 Å². The molecule has 0 aliphatic carbocycles. The van der Waals surface area contributed by atoms with Crippen LogP contribution in [0.4, 0.5) is 5.69 Å². The SMILES string of the molecule is CC(C)c1ccccc1NC(=O)c1cccc(C(=O)NCc2ccncc2)n1. The van der Waals surface area contributed by atoms with E-state index in [4.69, 9.17) is 0 Å². The Bertz CT molecular complexity index is 971. The van der Waals surface area contributed by atoms with Gasteiger partial charge < -0.3 is 10.6 Å². The number of benzene rings is 1. The van der Waals surface area contributed by atoms with Crippen LogP contribution in [0.5, 0.6) is 0 Å². The van der Waals surface area contributed by atoms with Crippen LogP contribution in [0.15, 0.2) is 67.0 Å². The summed E-state index contributed by atoms with van der Waals surface area (Å²) < 4.78 is 0. The molecule has 0 radical (unpaired) electrons. The molecule has 2 N–H and O–H groups in total.